The number of hydrogen-bond acceptors (Lipinski definition) is 3. The molecule has 1 aromatic carbocycles. The van der Waals surface area contributed by atoms with Gasteiger partial charge in [-0.1, -0.05) is 19.3 Å². The first-order valence-corrected chi connectivity index (χ1v) is 8.33. The maximum absolute atomic E-state index is 14.3. The van der Waals surface area contributed by atoms with E-state index in [2.05, 4.69) is 0 Å². The lowest BCUT2D eigenvalue weighted by atomic mass is 9.58. The molecule has 1 heterocycles. The second-order valence-electron chi connectivity index (χ2n) is 7.44. The van der Waals surface area contributed by atoms with E-state index >= 15 is 0 Å². The van der Waals surface area contributed by atoms with Crippen LogP contribution in [0.4, 0.5) is 22.0 Å². The van der Waals surface area contributed by atoms with Crippen LogP contribution < -0.4 is 0 Å². The highest BCUT2D eigenvalue weighted by atomic mass is 19.2. The molecule has 2 aliphatic rings. The van der Waals surface area contributed by atoms with E-state index in [9.17, 15) is 31.5 Å². The predicted molar refractivity (Wildman–Crippen MR) is 79.4 cm³/mol. The van der Waals surface area contributed by atoms with Crippen molar-refractivity contribution in [2.24, 2.45) is 10.8 Å². The summed E-state index contributed by atoms with van der Waals surface area (Å²) in [5.74, 6) is -12.3. The van der Waals surface area contributed by atoms with Gasteiger partial charge in [-0.2, -0.15) is 0 Å². The van der Waals surface area contributed by atoms with Gasteiger partial charge in [0.25, 0.3) is 0 Å². The summed E-state index contributed by atoms with van der Waals surface area (Å²) in [6.07, 6.45) is 0.240. The van der Waals surface area contributed by atoms with Crippen molar-refractivity contribution in [1.82, 2.24) is 0 Å². The third-order valence-electron chi connectivity index (χ3n) is 5.51. The molecular formula is C18H17F5O3. The van der Waals surface area contributed by atoms with Crippen molar-refractivity contribution in [2.45, 2.75) is 52.1 Å². The third kappa shape index (κ3) is 2.37. The Hall–Kier alpha value is -1.99. The fourth-order valence-electron chi connectivity index (χ4n) is 4.06. The van der Waals surface area contributed by atoms with Crippen molar-refractivity contribution in [1.29, 1.82) is 0 Å². The van der Waals surface area contributed by atoms with E-state index in [4.69, 9.17) is 4.74 Å². The lowest BCUT2D eigenvalue weighted by Gasteiger charge is -2.49. The van der Waals surface area contributed by atoms with Gasteiger partial charge in [0.1, 0.15) is 11.5 Å². The van der Waals surface area contributed by atoms with Crippen LogP contribution in [0.1, 0.15) is 57.6 Å². The van der Waals surface area contributed by atoms with Gasteiger partial charge < -0.3 is 4.74 Å². The lowest BCUT2D eigenvalue weighted by Crippen LogP contribution is -2.56. The summed E-state index contributed by atoms with van der Waals surface area (Å²) in [7, 11) is 0. The Morgan fingerprint density at radius 2 is 1.27 bits per heavy atom. The Morgan fingerprint density at radius 1 is 0.808 bits per heavy atom. The number of Topliss-reactive ketones (excluding diaryl/α,β-unsaturated/α-hetero) is 1. The average molecular weight is 376 g/mol. The number of ether oxygens (including phenoxy) is 1. The molecule has 142 valence electrons. The maximum atomic E-state index is 14.3. The summed E-state index contributed by atoms with van der Waals surface area (Å²) in [5.41, 5.74) is -4.31. The fraction of sp³-hybridized carbons (Fsp3) is 0.556. The minimum absolute atomic E-state index is 0.146. The molecule has 1 atom stereocenters. The van der Waals surface area contributed by atoms with Crippen molar-refractivity contribution in [3.63, 3.8) is 0 Å². The van der Waals surface area contributed by atoms with Crippen molar-refractivity contribution in [3.8, 4) is 0 Å². The molecule has 0 N–H and O–H groups in total. The molecule has 1 saturated carbocycles. The van der Waals surface area contributed by atoms with Crippen LogP contribution in [0.25, 0.3) is 0 Å². The second-order valence-corrected chi connectivity index (χ2v) is 7.44. The summed E-state index contributed by atoms with van der Waals surface area (Å²) in [4.78, 5) is 25.3. The summed E-state index contributed by atoms with van der Waals surface area (Å²) in [5, 5.41) is 0. The fourth-order valence-corrected chi connectivity index (χ4v) is 4.06. The molecule has 0 aromatic heterocycles. The zero-order valence-corrected chi connectivity index (χ0v) is 14.2. The number of carbonyl (C=O) groups is 2. The van der Waals surface area contributed by atoms with Crippen LogP contribution in [-0.2, 0) is 14.3 Å². The van der Waals surface area contributed by atoms with E-state index in [0.717, 1.165) is 6.42 Å². The second kappa shape index (κ2) is 6.03. The topological polar surface area (TPSA) is 43.4 Å². The number of esters is 1. The molecule has 3 nitrogen and oxygen atoms in total. The SMILES string of the molecule is CC1(C)C(=O)O[C@@H](c2c(F)c(F)c(F)c(F)c2F)C2(CCCCC2)C1=O. The molecule has 1 saturated heterocycles. The highest BCUT2D eigenvalue weighted by Crippen LogP contribution is 2.56. The number of benzene rings is 1. The van der Waals surface area contributed by atoms with Crippen LogP contribution >= 0.6 is 0 Å². The van der Waals surface area contributed by atoms with Gasteiger partial charge in [-0.3, -0.25) is 9.59 Å². The normalized spacial score (nSPS) is 24.7. The molecule has 1 aromatic rings. The molecule has 3 rings (SSSR count). The van der Waals surface area contributed by atoms with Gasteiger partial charge in [-0.15, -0.1) is 0 Å². The quantitative estimate of drug-likeness (QED) is 0.238. The van der Waals surface area contributed by atoms with E-state index in [1.165, 1.54) is 13.8 Å². The summed E-state index contributed by atoms with van der Waals surface area (Å²) < 4.78 is 74.6. The first-order chi connectivity index (χ1) is 12.1. The van der Waals surface area contributed by atoms with Gasteiger partial charge in [0, 0.05) is 0 Å². The van der Waals surface area contributed by atoms with Gasteiger partial charge in [0.2, 0.25) is 5.82 Å². The first-order valence-electron chi connectivity index (χ1n) is 8.33. The van der Waals surface area contributed by atoms with E-state index in [-0.39, 0.29) is 12.8 Å². The molecule has 1 aliphatic heterocycles. The molecule has 0 bridgehead atoms. The molecule has 0 amide bonds. The molecular weight excluding hydrogens is 359 g/mol. The maximum Gasteiger partial charge on any atom is 0.319 e. The molecule has 0 radical (unpaired) electrons. The highest BCUT2D eigenvalue weighted by Gasteiger charge is 2.61. The zero-order chi connectivity index (χ0) is 19.4. The molecule has 1 aliphatic carbocycles. The summed E-state index contributed by atoms with van der Waals surface area (Å²) in [6.45, 7) is 2.67. The van der Waals surface area contributed by atoms with E-state index < -0.39 is 63.3 Å². The first kappa shape index (κ1) is 18.8. The van der Waals surface area contributed by atoms with E-state index in [0.29, 0.717) is 12.8 Å². The molecule has 0 unspecified atom stereocenters. The van der Waals surface area contributed by atoms with Gasteiger partial charge in [-0.25, -0.2) is 22.0 Å². The highest BCUT2D eigenvalue weighted by molar-refractivity contribution is 6.08. The van der Waals surface area contributed by atoms with Crippen LogP contribution in [0.5, 0.6) is 0 Å². The summed E-state index contributed by atoms with van der Waals surface area (Å²) in [6, 6.07) is 0. The largest absolute Gasteiger partial charge is 0.455 e. The van der Waals surface area contributed by atoms with Gasteiger partial charge in [-0.05, 0) is 26.7 Å². The number of carbonyl (C=O) groups excluding carboxylic acids is 2. The Kier molecular flexibility index (Phi) is 4.36. The standard InChI is InChI=1S/C18H17F5O3/c1-17(2)15(24)18(6-4-3-5-7-18)14(26-16(17)25)8-9(19)11(21)13(23)12(22)10(8)20/h14H,3-7H2,1-2H3/t14-/m0/s1. The van der Waals surface area contributed by atoms with Crippen LogP contribution in [0, 0.1) is 39.9 Å². The Bertz CT molecular complexity index is 768. The average Bonchev–Trinajstić information content (AvgIpc) is 2.62. The third-order valence-corrected chi connectivity index (χ3v) is 5.51. The van der Waals surface area contributed by atoms with Crippen LogP contribution in [-0.4, -0.2) is 11.8 Å². The van der Waals surface area contributed by atoms with Crippen LogP contribution in [0.3, 0.4) is 0 Å². The number of halogens is 5. The van der Waals surface area contributed by atoms with Crippen LogP contribution in [0.15, 0.2) is 0 Å². The number of hydrogen-bond donors (Lipinski definition) is 0. The monoisotopic (exact) mass is 376 g/mol. The Labute approximate surface area is 146 Å². The van der Waals surface area contributed by atoms with E-state index in [1.807, 2.05) is 0 Å². The Balaban J connectivity index is 2.26. The van der Waals surface area contributed by atoms with Crippen LogP contribution in [0.2, 0.25) is 0 Å². The van der Waals surface area contributed by atoms with E-state index in [1.54, 1.807) is 0 Å². The number of cyclic esters (lactones) is 1. The van der Waals surface area contributed by atoms with Crippen molar-refractivity contribution >= 4 is 11.8 Å². The lowest BCUT2D eigenvalue weighted by molar-refractivity contribution is -0.193. The summed E-state index contributed by atoms with van der Waals surface area (Å²) >= 11 is 0. The van der Waals surface area contributed by atoms with Crippen molar-refractivity contribution in [2.75, 3.05) is 0 Å². The zero-order valence-electron chi connectivity index (χ0n) is 14.2. The molecule has 2 fully saturated rings. The van der Waals surface area contributed by atoms with Gasteiger partial charge >= 0.3 is 5.97 Å². The molecule has 26 heavy (non-hydrogen) atoms. The molecule has 8 heteroatoms. The molecule has 1 spiro atoms. The number of rotatable bonds is 1. The Morgan fingerprint density at radius 3 is 1.77 bits per heavy atom. The number of ketones is 1. The minimum Gasteiger partial charge on any atom is -0.455 e. The predicted octanol–water partition coefficient (Wildman–Crippen LogP) is 4.53. The van der Waals surface area contributed by atoms with Gasteiger partial charge in [0.15, 0.2) is 29.1 Å². The van der Waals surface area contributed by atoms with Crippen molar-refractivity contribution < 1.29 is 36.3 Å². The smallest absolute Gasteiger partial charge is 0.319 e. The van der Waals surface area contributed by atoms with Gasteiger partial charge in [0.05, 0.1) is 11.0 Å². The van der Waals surface area contributed by atoms with Crippen molar-refractivity contribution in [3.05, 3.63) is 34.6 Å². The minimum atomic E-state index is -2.30.